The normalized spacial score (nSPS) is 10.9. The van der Waals surface area contributed by atoms with Crippen molar-refractivity contribution < 1.29 is 0 Å². The first kappa shape index (κ1) is 15.6. The zero-order chi connectivity index (χ0) is 17.1. The predicted octanol–water partition coefficient (Wildman–Crippen LogP) is 5.41. The minimum atomic E-state index is 0.589. The molecule has 121 valence electrons. The zero-order valence-corrected chi connectivity index (χ0v) is 14.4. The molecule has 0 saturated carbocycles. The van der Waals surface area contributed by atoms with Crippen molar-refractivity contribution in [1.29, 1.82) is 0 Å². The van der Waals surface area contributed by atoms with Gasteiger partial charge >= 0.3 is 0 Å². The Bertz CT molecular complexity index is 922. The first-order chi connectivity index (χ1) is 12.3. The molecule has 4 aromatic rings. The fraction of sp³-hybridized carbons (Fsp3) is 0. The summed E-state index contributed by atoms with van der Waals surface area (Å²) in [5.74, 6) is 1.20. The molecular formula is C22H17N2S. The molecule has 2 N–H and O–H groups in total. The number of hydrogen-bond acceptors (Lipinski definition) is 3. The van der Waals surface area contributed by atoms with Crippen molar-refractivity contribution in [2.45, 2.75) is 0 Å². The Hall–Kier alpha value is -2.91. The molecule has 1 aromatic heterocycles. The third kappa shape index (κ3) is 3.19. The molecule has 2 nitrogen and oxygen atoms in total. The second-order valence-corrected chi connectivity index (χ2v) is 6.61. The van der Waals surface area contributed by atoms with Crippen molar-refractivity contribution in [3.05, 3.63) is 113 Å². The molecule has 1 radical (unpaired) electrons. The van der Waals surface area contributed by atoms with E-state index in [-0.39, 0.29) is 0 Å². The average molecular weight is 341 g/mol. The minimum absolute atomic E-state index is 0.589. The lowest BCUT2D eigenvalue weighted by Gasteiger charge is -2.20. The van der Waals surface area contributed by atoms with Crippen LogP contribution in [0, 0.1) is 5.92 Å². The van der Waals surface area contributed by atoms with Crippen LogP contribution in [-0.2, 0) is 0 Å². The maximum absolute atomic E-state index is 5.86. The molecule has 0 aliphatic heterocycles. The summed E-state index contributed by atoms with van der Waals surface area (Å²) >= 11 is 1.47. The zero-order valence-electron chi connectivity index (χ0n) is 13.6. The van der Waals surface area contributed by atoms with Crippen molar-refractivity contribution in [3.63, 3.8) is 0 Å². The number of nitrogens with zero attached hydrogens (tertiary/aromatic N) is 1. The van der Waals surface area contributed by atoms with Crippen LogP contribution in [0.1, 0.15) is 16.7 Å². The quantitative estimate of drug-likeness (QED) is 0.504. The molecule has 3 aromatic carbocycles. The summed E-state index contributed by atoms with van der Waals surface area (Å²) < 4.78 is 0. The summed E-state index contributed by atoms with van der Waals surface area (Å²) in [5, 5.41) is 2.60. The molecule has 3 heteroatoms. The van der Waals surface area contributed by atoms with E-state index in [2.05, 4.69) is 71.7 Å². The number of hydrogen-bond donors (Lipinski definition) is 1. The highest BCUT2D eigenvalue weighted by Gasteiger charge is 2.21. The average Bonchev–Trinajstić information content (AvgIpc) is 3.10. The van der Waals surface area contributed by atoms with Gasteiger partial charge in [0.1, 0.15) is 0 Å². The van der Waals surface area contributed by atoms with Gasteiger partial charge in [0, 0.05) is 10.9 Å². The summed E-state index contributed by atoms with van der Waals surface area (Å²) in [6.45, 7) is 0. The molecule has 25 heavy (non-hydrogen) atoms. The number of benzene rings is 3. The Morgan fingerprint density at radius 3 is 1.84 bits per heavy atom. The smallest absolute Gasteiger partial charge is 0.180 e. The van der Waals surface area contributed by atoms with Crippen LogP contribution in [0.25, 0.3) is 11.3 Å². The lowest BCUT2D eigenvalue weighted by atomic mass is 9.82. The Morgan fingerprint density at radius 2 is 1.28 bits per heavy atom. The maximum Gasteiger partial charge on any atom is 0.180 e. The Balaban J connectivity index is 1.92. The van der Waals surface area contributed by atoms with E-state index in [1.165, 1.54) is 28.4 Å². The summed E-state index contributed by atoms with van der Waals surface area (Å²) in [4.78, 5) is 4.49. The van der Waals surface area contributed by atoms with E-state index in [0.717, 1.165) is 16.8 Å². The van der Waals surface area contributed by atoms with Gasteiger partial charge < -0.3 is 5.73 Å². The van der Waals surface area contributed by atoms with E-state index in [1.807, 2.05) is 23.6 Å². The molecule has 1 heterocycles. The highest BCUT2D eigenvalue weighted by atomic mass is 32.1. The molecule has 0 spiro atoms. The molecular weight excluding hydrogens is 324 g/mol. The van der Waals surface area contributed by atoms with Gasteiger partial charge in [0.05, 0.1) is 11.6 Å². The van der Waals surface area contributed by atoms with E-state index >= 15 is 0 Å². The lowest BCUT2D eigenvalue weighted by Crippen LogP contribution is -2.06. The van der Waals surface area contributed by atoms with Gasteiger partial charge in [-0.2, -0.15) is 0 Å². The number of nitrogens with two attached hydrogens (primary N) is 1. The largest absolute Gasteiger partial charge is 0.375 e. The van der Waals surface area contributed by atoms with Crippen molar-refractivity contribution in [2.75, 3.05) is 5.73 Å². The van der Waals surface area contributed by atoms with Gasteiger partial charge in [-0.25, -0.2) is 4.98 Å². The van der Waals surface area contributed by atoms with Gasteiger partial charge in [0.25, 0.3) is 0 Å². The minimum Gasteiger partial charge on any atom is -0.375 e. The summed E-state index contributed by atoms with van der Waals surface area (Å²) in [7, 11) is 0. The summed E-state index contributed by atoms with van der Waals surface area (Å²) in [6.07, 6.45) is 0. The van der Waals surface area contributed by atoms with Gasteiger partial charge in [0.15, 0.2) is 5.13 Å². The lowest BCUT2D eigenvalue weighted by molar-refractivity contribution is 1.22. The third-order valence-electron chi connectivity index (χ3n) is 4.12. The van der Waals surface area contributed by atoms with Crippen molar-refractivity contribution in [2.24, 2.45) is 0 Å². The summed E-state index contributed by atoms with van der Waals surface area (Å²) in [6, 6.07) is 29.3. The van der Waals surface area contributed by atoms with Crippen LogP contribution in [0.4, 0.5) is 5.13 Å². The van der Waals surface area contributed by atoms with Gasteiger partial charge in [-0.1, -0.05) is 84.9 Å². The van der Waals surface area contributed by atoms with Crippen LogP contribution in [0.15, 0.2) is 90.3 Å². The highest BCUT2D eigenvalue weighted by molar-refractivity contribution is 7.13. The standard InChI is InChI=1S/C22H17N2S/c23-22-24-20(15-25-22)18-13-7-8-14-19(18)21(16-9-3-1-4-10-16)17-11-5-2-6-12-17/h1-15H,(H2,23,24). The number of rotatable bonds is 4. The Kier molecular flexibility index (Phi) is 4.32. The van der Waals surface area contributed by atoms with Crippen LogP contribution in [0.3, 0.4) is 0 Å². The van der Waals surface area contributed by atoms with Gasteiger partial charge in [0.2, 0.25) is 0 Å². The van der Waals surface area contributed by atoms with E-state index in [4.69, 9.17) is 5.73 Å². The Labute approximate surface area is 151 Å². The van der Waals surface area contributed by atoms with Crippen molar-refractivity contribution in [1.82, 2.24) is 4.98 Å². The summed E-state index contributed by atoms with van der Waals surface area (Å²) in [5.41, 5.74) is 11.4. The monoisotopic (exact) mass is 341 g/mol. The fourth-order valence-corrected chi connectivity index (χ4v) is 3.59. The second-order valence-electron chi connectivity index (χ2n) is 5.72. The topological polar surface area (TPSA) is 38.9 Å². The number of nitrogen functional groups attached to an aromatic ring is 1. The molecule has 0 fully saturated rings. The van der Waals surface area contributed by atoms with E-state index in [0.29, 0.717) is 5.13 Å². The van der Waals surface area contributed by atoms with Crippen LogP contribution in [-0.4, -0.2) is 4.98 Å². The van der Waals surface area contributed by atoms with E-state index < -0.39 is 0 Å². The van der Waals surface area contributed by atoms with Crippen molar-refractivity contribution >= 4 is 16.5 Å². The molecule has 0 atom stereocenters. The van der Waals surface area contributed by atoms with Gasteiger partial charge in [-0.05, 0) is 16.7 Å². The van der Waals surface area contributed by atoms with Gasteiger partial charge in [-0.15, -0.1) is 11.3 Å². The van der Waals surface area contributed by atoms with Crippen molar-refractivity contribution in [3.8, 4) is 11.3 Å². The SMILES string of the molecule is Nc1nc(-c2ccccc2[C](c2ccccc2)c2ccccc2)cs1. The molecule has 0 unspecified atom stereocenters. The first-order valence-electron chi connectivity index (χ1n) is 8.11. The molecule has 0 saturated heterocycles. The number of aromatic nitrogens is 1. The maximum atomic E-state index is 5.86. The predicted molar refractivity (Wildman–Crippen MR) is 105 cm³/mol. The molecule has 0 aliphatic carbocycles. The van der Waals surface area contributed by atoms with Crippen LogP contribution < -0.4 is 5.73 Å². The molecule has 4 rings (SSSR count). The fourth-order valence-electron chi connectivity index (χ4n) is 3.02. The Morgan fingerprint density at radius 1 is 0.720 bits per heavy atom. The van der Waals surface area contributed by atoms with E-state index in [9.17, 15) is 0 Å². The third-order valence-corrected chi connectivity index (χ3v) is 4.79. The van der Waals surface area contributed by atoms with Crippen LogP contribution in [0.2, 0.25) is 0 Å². The van der Waals surface area contributed by atoms with E-state index in [1.54, 1.807) is 0 Å². The van der Waals surface area contributed by atoms with Crippen LogP contribution in [0.5, 0.6) is 0 Å². The first-order valence-corrected chi connectivity index (χ1v) is 8.99. The number of thiazole rings is 1. The number of anilines is 1. The highest BCUT2D eigenvalue weighted by Crippen LogP contribution is 2.37. The van der Waals surface area contributed by atoms with Crippen LogP contribution >= 0.6 is 11.3 Å². The van der Waals surface area contributed by atoms with Gasteiger partial charge in [-0.3, -0.25) is 0 Å². The molecule has 0 amide bonds. The second kappa shape index (κ2) is 6.91. The molecule has 0 bridgehead atoms. The molecule has 0 aliphatic rings.